The summed E-state index contributed by atoms with van der Waals surface area (Å²) in [5, 5.41) is 0.597. The van der Waals surface area contributed by atoms with Crippen molar-refractivity contribution in [3.63, 3.8) is 0 Å². The average molecular weight is 272 g/mol. The van der Waals surface area contributed by atoms with Crippen molar-refractivity contribution in [2.45, 2.75) is 26.5 Å². The van der Waals surface area contributed by atoms with E-state index in [1.54, 1.807) is 12.4 Å². The van der Waals surface area contributed by atoms with Crippen molar-refractivity contribution in [1.29, 1.82) is 0 Å². The van der Waals surface area contributed by atoms with E-state index in [1.807, 2.05) is 18.4 Å². The molecule has 0 saturated heterocycles. The molecule has 0 aliphatic heterocycles. The molecule has 0 aliphatic carbocycles. The second kappa shape index (κ2) is 5.16. The van der Waals surface area contributed by atoms with Gasteiger partial charge in [-0.25, -0.2) is 0 Å². The Labute approximate surface area is 110 Å². The number of nitrogens with one attached hydrogen (secondary N) is 1. The van der Waals surface area contributed by atoms with Gasteiger partial charge in [-0.15, -0.1) is 0 Å². The van der Waals surface area contributed by atoms with Gasteiger partial charge in [0.1, 0.15) is 0 Å². The van der Waals surface area contributed by atoms with Crippen LogP contribution in [0.5, 0.6) is 0 Å². The topological polar surface area (TPSA) is 42.8 Å². The van der Waals surface area contributed by atoms with Gasteiger partial charge in [0.15, 0.2) is 4.77 Å². The van der Waals surface area contributed by atoms with Crippen molar-refractivity contribution in [1.82, 2.24) is 14.5 Å². The first kappa shape index (κ1) is 12.5. The number of pyridine rings is 1. The number of fused-ring (bicyclic) bond motifs is 1. The maximum atomic E-state index is 6.13. The maximum Gasteiger partial charge on any atom is 0.178 e. The molecule has 2 aromatic rings. The lowest BCUT2D eigenvalue weighted by molar-refractivity contribution is 0.0731. The highest BCUT2D eigenvalue weighted by Gasteiger charge is 2.08. The zero-order valence-corrected chi connectivity index (χ0v) is 11.3. The van der Waals surface area contributed by atoms with Gasteiger partial charge in [-0.05, 0) is 26.1 Å². The Kier molecular flexibility index (Phi) is 3.81. The van der Waals surface area contributed by atoms with Crippen molar-refractivity contribution in [3.05, 3.63) is 22.2 Å². The monoisotopic (exact) mass is 271 g/mol. The van der Waals surface area contributed by atoms with Gasteiger partial charge in [-0.2, -0.15) is 0 Å². The normalized spacial score (nSPS) is 11.5. The van der Waals surface area contributed by atoms with Gasteiger partial charge < -0.3 is 14.3 Å². The molecule has 0 aliphatic rings. The van der Waals surface area contributed by atoms with Gasteiger partial charge >= 0.3 is 0 Å². The first-order valence-electron chi connectivity index (χ1n) is 5.43. The predicted molar refractivity (Wildman–Crippen MR) is 71.0 cm³/mol. The van der Waals surface area contributed by atoms with Crippen LogP contribution in [-0.4, -0.2) is 27.2 Å². The molecule has 0 spiro atoms. The Morgan fingerprint density at radius 2 is 2.29 bits per heavy atom. The van der Waals surface area contributed by atoms with Crippen molar-refractivity contribution >= 4 is 34.9 Å². The molecule has 17 heavy (non-hydrogen) atoms. The molecule has 0 amide bonds. The Hall–Kier alpha value is -0.910. The number of rotatable bonds is 4. The Bertz CT molecular complexity index is 576. The van der Waals surface area contributed by atoms with Crippen LogP contribution in [0.2, 0.25) is 5.02 Å². The predicted octanol–water partition coefficient (Wildman–Crippen LogP) is 3.17. The van der Waals surface area contributed by atoms with Crippen molar-refractivity contribution in [2.75, 3.05) is 6.61 Å². The summed E-state index contributed by atoms with van der Waals surface area (Å²) in [5.74, 6) is 0. The molecule has 0 bridgehead atoms. The summed E-state index contributed by atoms with van der Waals surface area (Å²) < 4.78 is 8.10. The largest absolute Gasteiger partial charge is 0.377 e. The summed E-state index contributed by atoms with van der Waals surface area (Å²) in [5.41, 5.74) is 1.74. The molecule has 2 heterocycles. The number of halogens is 1. The van der Waals surface area contributed by atoms with E-state index in [-0.39, 0.29) is 6.10 Å². The smallest absolute Gasteiger partial charge is 0.178 e. The van der Waals surface area contributed by atoms with Crippen LogP contribution in [-0.2, 0) is 11.3 Å². The first-order valence-corrected chi connectivity index (χ1v) is 6.22. The lowest BCUT2D eigenvalue weighted by Gasteiger charge is -2.09. The molecule has 2 aromatic heterocycles. The summed E-state index contributed by atoms with van der Waals surface area (Å²) in [6.07, 6.45) is 3.55. The van der Waals surface area contributed by atoms with Crippen LogP contribution in [0.25, 0.3) is 11.0 Å². The third kappa shape index (κ3) is 2.68. The molecule has 1 N–H and O–H groups in total. The van der Waals surface area contributed by atoms with E-state index in [9.17, 15) is 0 Å². The number of aromatic nitrogens is 3. The van der Waals surface area contributed by atoms with Gasteiger partial charge in [0, 0.05) is 12.7 Å². The summed E-state index contributed by atoms with van der Waals surface area (Å²) in [6, 6.07) is 0. The van der Waals surface area contributed by atoms with E-state index >= 15 is 0 Å². The van der Waals surface area contributed by atoms with Gasteiger partial charge in [0.05, 0.1) is 35.0 Å². The fraction of sp³-hybridized carbons (Fsp3) is 0.455. The van der Waals surface area contributed by atoms with Crippen LogP contribution in [0.15, 0.2) is 12.4 Å². The van der Waals surface area contributed by atoms with E-state index in [0.29, 0.717) is 22.9 Å². The molecule has 0 aromatic carbocycles. The zero-order valence-electron chi connectivity index (χ0n) is 9.74. The van der Waals surface area contributed by atoms with Crippen LogP contribution in [0.4, 0.5) is 0 Å². The molecular formula is C11H14ClN3OS. The number of H-pyrrole nitrogens is 1. The zero-order chi connectivity index (χ0) is 12.4. The first-order chi connectivity index (χ1) is 8.09. The Balaban J connectivity index is 2.33. The summed E-state index contributed by atoms with van der Waals surface area (Å²) in [7, 11) is 0. The third-order valence-electron chi connectivity index (χ3n) is 2.40. The van der Waals surface area contributed by atoms with E-state index in [0.717, 1.165) is 11.0 Å². The molecule has 2 rings (SSSR count). The minimum Gasteiger partial charge on any atom is -0.377 e. The highest BCUT2D eigenvalue weighted by atomic mass is 35.5. The second-order valence-electron chi connectivity index (χ2n) is 4.02. The van der Waals surface area contributed by atoms with Crippen LogP contribution >= 0.6 is 23.8 Å². The van der Waals surface area contributed by atoms with Crippen LogP contribution in [0.1, 0.15) is 13.8 Å². The van der Waals surface area contributed by atoms with Gasteiger partial charge in [0.2, 0.25) is 0 Å². The van der Waals surface area contributed by atoms with Crippen molar-refractivity contribution < 1.29 is 4.74 Å². The molecular weight excluding hydrogens is 258 g/mol. The number of hydrogen-bond donors (Lipinski definition) is 1. The number of imidazole rings is 1. The number of ether oxygens (including phenoxy) is 1. The SMILES string of the molecule is CC(C)OCCn1c(=S)[nH]c2cncc(Cl)c21. The van der Waals surface area contributed by atoms with Crippen molar-refractivity contribution in [2.24, 2.45) is 0 Å². The Morgan fingerprint density at radius 1 is 1.53 bits per heavy atom. The van der Waals surface area contributed by atoms with E-state index in [2.05, 4.69) is 9.97 Å². The van der Waals surface area contributed by atoms with Crippen molar-refractivity contribution in [3.8, 4) is 0 Å². The van der Waals surface area contributed by atoms with Crippen LogP contribution < -0.4 is 0 Å². The minimum atomic E-state index is 0.214. The second-order valence-corrected chi connectivity index (χ2v) is 4.81. The number of hydrogen-bond acceptors (Lipinski definition) is 3. The molecule has 4 nitrogen and oxygen atoms in total. The molecule has 0 radical (unpaired) electrons. The standard InChI is InChI=1S/C11H14ClN3OS/c1-7(2)16-4-3-15-10-8(12)5-13-6-9(10)14-11(15)17/h5-7H,3-4H2,1-2H3,(H,14,17). The highest BCUT2D eigenvalue weighted by Crippen LogP contribution is 2.21. The fourth-order valence-electron chi connectivity index (χ4n) is 1.67. The molecule has 92 valence electrons. The van der Waals surface area contributed by atoms with E-state index in [4.69, 9.17) is 28.6 Å². The summed E-state index contributed by atoms with van der Waals surface area (Å²) >= 11 is 11.4. The number of aromatic amines is 1. The third-order valence-corrected chi connectivity index (χ3v) is 2.99. The molecule has 6 heteroatoms. The van der Waals surface area contributed by atoms with Gasteiger partial charge in [-0.1, -0.05) is 11.6 Å². The summed E-state index contributed by atoms with van der Waals surface area (Å²) in [4.78, 5) is 7.10. The molecule has 0 unspecified atom stereocenters. The van der Waals surface area contributed by atoms with E-state index in [1.165, 1.54) is 0 Å². The fourth-order valence-corrected chi connectivity index (χ4v) is 2.22. The molecule has 0 fully saturated rings. The van der Waals surface area contributed by atoms with E-state index < -0.39 is 0 Å². The van der Waals surface area contributed by atoms with Gasteiger partial charge in [0.25, 0.3) is 0 Å². The maximum absolute atomic E-state index is 6.13. The van der Waals surface area contributed by atoms with Crippen LogP contribution in [0, 0.1) is 4.77 Å². The molecule has 0 atom stereocenters. The lowest BCUT2D eigenvalue weighted by Crippen LogP contribution is -2.10. The quantitative estimate of drug-likeness (QED) is 0.869. The minimum absolute atomic E-state index is 0.214. The molecule has 0 saturated carbocycles. The lowest BCUT2D eigenvalue weighted by atomic mass is 10.4. The van der Waals surface area contributed by atoms with Crippen LogP contribution in [0.3, 0.4) is 0 Å². The van der Waals surface area contributed by atoms with Gasteiger partial charge in [-0.3, -0.25) is 4.98 Å². The summed E-state index contributed by atoms with van der Waals surface area (Å²) in [6.45, 7) is 5.30. The highest BCUT2D eigenvalue weighted by molar-refractivity contribution is 7.71. The average Bonchev–Trinajstić information content (AvgIpc) is 2.56. The number of nitrogens with zero attached hydrogens (tertiary/aromatic N) is 2. The Morgan fingerprint density at radius 3 is 3.00 bits per heavy atom.